The minimum Gasteiger partial charge on any atom is -0.481 e. The van der Waals surface area contributed by atoms with Gasteiger partial charge < -0.3 is 15.7 Å². The van der Waals surface area contributed by atoms with Crippen LogP contribution < -0.4 is 10.6 Å². The third kappa shape index (κ3) is 4.47. The minimum absolute atomic E-state index is 0.0116. The second-order valence-corrected chi connectivity index (χ2v) is 6.69. The number of anilines is 1. The highest BCUT2D eigenvalue weighted by Crippen LogP contribution is 2.31. The zero-order valence-corrected chi connectivity index (χ0v) is 14.1. The third-order valence-electron chi connectivity index (χ3n) is 3.68. The van der Waals surface area contributed by atoms with Crippen molar-refractivity contribution >= 4 is 51.9 Å². The van der Waals surface area contributed by atoms with E-state index in [1.165, 1.54) is 0 Å². The summed E-state index contributed by atoms with van der Waals surface area (Å²) in [7, 11) is 0. The number of carboxylic acids is 1. The van der Waals surface area contributed by atoms with E-state index in [0.29, 0.717) is 23.7 Å². The molecule has 21 heavy (non-hydrogen) atoms. The maximum Gasteiger partial charge on any atom is 0.319 e. The molecule has 2 rings (SSSR count). The highest BCUT2D eigenvalue weighted by molar-refractivity contribution is 14.1. The number of halogens is 2. The fourth-order valence-corrected chi connectivity index (χ4v) is 3.59. The van der Waals surface area contributed by atoms with Gasteiger partial charge in [-0.1, -0.05) is 18.0 Å². The van der Waals surface area contributed by atoms with E-state index < -0.39 is 5.97 Å². The van der Waals surface area contributed by atoms with E-state index in [9.17, 15) is 9.59 Å². The summed E-state index contributed by atoms with van der Waals surface area (Å²) < 4.78 is 0.847. The first-order valence-corrected chi connectivity index (χ1v) is 8.15. The molecule has 1 aliphatic carbocycles. The van der Waals surface area contributed by atoms with Gasteiger partial charge >= 0.3 is 12.0 Å². The molecule has 1 saturated carbocycles. The molecule has 0 aromatic heterocycles. The number of amides is 2. The fraction of sp³-hybridized carbons (Fsp3) is 0.429. The van der Waals surface area contributed by atoms with Crippen LogP contribution in [-0.4, -0.2) is 23.7 Å². The largest absolute Gasteiger partial charge is 0.481 e. The molecule has 1 aromatic carbocycles. The van der Waals surface area contributed by atoms with Gasteiger partial charge in [0.15, 0.2) is 0 Å². The molecule has 0 radical (unpaired) electrons. The number of carbonyl (C=O) groups is 2. The van der Waals surface area contributed by atoms with E-state index in [4.69, 9.17) is 16.7 Å². The predicted octanol–water partition coefficient (Wildman–Crippen LogP) is 3.57. The fourth-order valence-electron chi connectivity index (χ4n) is 2.59. The lowest BCUT2D eigenvalue weighted by Crippen LogP contribution is -2.35. The van der Waals surface area contributed by atoms with Crippen LogP contribution in [0.15, 0.2) is 18.2 Å². The maximum atomic E-state index is 11.9. The first kappa shape index (κ1) is 16.4. The van der Waals surface area contributed by atoms with Crippen molar-refractivity contribution in [1.82, 2.24) is 5.32 Å². The third-order valence-corrected chi connectivity index (χ3v) is 4.81. The lowest BCUT2D eigenvalue weighted by molar-refractivity contribution is -0.142. The number of hydrogen-bond acceptors (Lipinski definition) is 2. The number of urea groups is 1. The Kier molecular flexibility index (Phi) is 5.69. The summed E-state index contributed by atoms with van der Waals surface area (Å²) in [6, 6.07) is 4.87. The van der Waals surface area contributed by atoms with Crippen LogP contribution in [0, 0.1) is 15.4 Å². The predicted molar refractivity (Wildman–Crippen MR) is 89.7 cm³/mol. The zero-order valence-electron chi connectivity index (χ0n) is 11.2. The van der Waals surface area contributed by atoms with Crippen molar-refractivity contribution in [1.29, 1.82) is 0 Å². The number of carboxylic acid groups (broad SMARTS) is 1. The molecule has 5 nitrogen and oxygen atoms in total. The molecule has 1 aromatic rings. The molecule has 114 valence electrons. The molecule has 1 fully saturated rings. The topological polar surface area (TPSA) is 78.4 Å². The quantitative estimate of drug-likeness (QED) is 0.649. The SMILES string of the molecule is O=C(NCC1CCCC1C(=O)O)Nc1ccc(Cl)cc1I. The molecule has 0 heterocycles. The van der Waals surface area contributed by atoms with Gasteiger partial charge in [-0.25, -0.2) is 4.79 Å². The Balaban J connectivity index is 1.86. The van der Waals surface area contributed by atoms with Crippen LogP contribution in [0.25, 0.3) is 0 Å². The molecule has 0 aliphatic heterocycles. The minimum atomic E-state index is -0.771. The molecule has 1 aliphatic rings. The Labute approximate surface area is 141 Å². The summed E-state index contributed by atoms with van der Waals surface area (Å²) in [6.07, 6.45) is 2.44. The first-order valence-electron chi connectivity index (χ1n) is 6.70. The van der Waals surface area contributed by atoms with E-state index in [2.05, 4.69) is 33.2 Å². The molecule has 0 spiro atoms. The average Bonchev–Trinajstić information content (AvgIpc) is 2.88. The molecule has 7 heteroatoms. The smallest absolute Gasteiger partial charge is 0.319 e. The van der Waals surface area contributed by atoms with Gasteiger partial charge in [0.1, 0.15) is 0 Å². The Morgan fingerprint density at radius 3 is 2.81 bits per heavy atom. The van der Waals surface area contributed by atoms with E-state index in [0.717, 1.165) is 16.4 Å². The van der Waals surface area contributed by atoms with Crippen molar-refractivity contribution in [2.75, 3.05) is 11.9 Å². The number of rotatable bonds is 4. The molecular weight excluding hydrogens is 407 g/mol. The van der Waals surface area contributed by atoms with E-state index in [1.807, 2.05) is 0 Å². The van der Waals surface area contributed by atoms with Gasteiger partial charge in [-0.3, -0.25) is 4.79 Å². The van der Waals surface area contributed by atoms with Gasteiger partial charge in [-0.05, 0) is 59.5 Å². The van der Waals surface area contributed by atoms with Crippen molar-refractivity contribution in [3.05, 3.63) is 26.8 Å². The molecule has 2 atom stereocenters. The van der Waals surface area contributed by atoms with Crippen LogP contribution in [0.1, 0.15) is 19.3 Å². The van der Waals surface area contributed by atoms with Gasteiger partial charge in [-0.2, -0.15) is 0 Å². The summed E-state index contributed by atoms with van der Waals surface area (Å²) in [6.45, 7) is 0.382. The maximum absolute atomic E-state index is 11.9. The van der Waals surface area contributed by atoms with E-state index in [-0.39, 0.29) is 17.9 Å². The van der Waals surface area contributed by atoms with Crippen LogP contribution in [0.3, 0.4) is 0 Å². The van der Waals surface area contributed by atoms with Gasteiger partial charge in [0, 0.05) is 15.1 Å². The van der Waals surface area contributed by atoms with Crippen LogP contribution in [0.4, 0.5) is 10.5 Å². The number of nitrogens with one attached hydrogen (secondary N) is 2. The highest BCUT2D eigenvalue weighted by atomic mass is 127. The van der Waals surface area contributed by atoms with Crippen molar-refractivity contribution in [3.63, 3.8) is 0 Å². The standard InChI is InChI=1S/C14H16ClIN2O3/c15-9-4-5-12(11(16)6-9)18-14(21)17-7-8-2-1-3-10(8)13(19)20/h4-6,8,10H,1-3,7H2,(H,19,20)(H2,17,18,21). The number of carbonyl (C=O) groups excluding carboxylic acids is 1. The monoisotopic (exact) mass is 422 g/mol. The molecule has 2 amide bonds. The Hall–Kier alpha value is -1.02. The van der Waals surface area contributed by atoms with Crippen LogP contribution in [0.2, 0.25) is 5.02 Å². The Bertz CT molecular complexity index is 553. The normalized spacial score (nSPS) is 21.0. The molecule has 3 N–H and O–H groups in total. The van der Waals surface area contributed by atoms with Gasteiger partial charge in [0.25, 0.3) is 0 Å². The van der Waals surface area contributed by atoms with Gasteiger partial charge in [-0.15, -0.1) is 0 Å². The van der Waals surface area contributed by atoms with Gasteiger partial charge in [0.05, 0.1) is 11.6 Å². The van der Waals surface area contributed by atoms with E-state index >= 15 is 0 Å². The summed E-state index contributed by atoms with van der Waals surface area (Å²) in [5.74, 6) is -1.11. The van der Waals surface area contributed by atoms with Crippen LogP contribution in [0.5, 0.6) is 0 Å². The Morgan fingerprint density at radius 1 is 1.38 bits per heavy atom. The number of benzene rings is 1. The lowest BCUT2D eigenvalue weighted by Gasteiger charge is -2.17. The zero-order chi connectivity index (χ0) is 15.4. The molecule has 0 saturated heterocycles. The van der Waals surface area contributed by atoms with Gasteiger partial charge in [0.2, 0.25) is 0 Å². The van der Waals surface area contributed by atoms with Crippen LogP contribution >= 0.6 is 34.2 Å². The highest BCUT2D eigenvalue weighted by Gasteiger charge is 2.32. The Morgan fingerprint density at radius 2 is 2.14 bits per heavy atom. The van der Waals surface area contributed by atoms with E-state index in [1.54, 1.807) is 18.2 Å². The second kappa shape index (κ2) is 7.31. The summed E-state index contributed by atoms with van der Waals surface area (Å²) >= 11 is 7.95. The van der Waals surface area contributed by atoms with Crippen molar-refractivity contribution in [2.24, 2.45) is 11.8 Å². The molecule has 2 unspecified atom stereocenters. The first-order chi connectivity index (χ1) is 9.97. The average molecular weight is 423 g/mol. The lowest BCUT2D eigenvalue weighted by atomic mass is 9.96. The summed E-state index contributed by atoms with van der Waals surface area (Å²) in [5.41, 5.74) is 0.679. The van der Waals surface area contributed by atoms with Crippen molar-refractivity contribution in [3.8, 4) is 0 Å². The molecular formula is C14H16ClIN2O3. The van der Waals surface area contributed by atoms with Crippen molar-refractivity contribution in [2.45, 2.75) is 19.3 Å². The van der Waals surface area contributed by atoms with Crippen LogP contribution in [-0.2, 0) is 4.79 Å². The number of hydrogen-bond donors (Lipinski definition) is 3. The molecule has 0 bridgehead atoms. The van der Waals surface area contributed by atoms with Crippen molar-refractivity contribution < 1.29 is 14.7 Å². The summed E-state index contributed by atoms with van der Waals surface area (Å²) in [4.78, 5) is 23.0. The second-order valence-electron chi connectivity index (χ2n) is 5.09. The summed E-state index contributed by atoms with van der Waals surface area (Å²) in [5, 5.41) is 15.2. The number of aliphatic carboxylic acids is 1.